The number of fused-ring (bicyclic) bond motifs is 2. The van der Waals surface area contributed by atoms with E-state index >= 15 is 0 Å². The first-order valence-corrected chi connectivity index (χ1v) is 9.86. The summed E-state index contributed by atoms with van der Waals surface area (Å²) in [6.45, 7) is 1.91. The van der Waals surface area contributed by atoms with Crippen molar-refractivity contribution >= 4 is 34.7 Å². The van der Waals surface area contributed by atoms with Crippen LogP contribution in [-0.2, 0) is 4.79 Å². The first kappa shape index (κ1) is 17.4. The first-order valence-electron chi connectivity index (χ1n) is 8.81. The Kier molecular flexibility index (Phi) is 4.03. The molecule has 0 saturated carbocycles. The Bertz CT molecular complexity index is 1280. The molecule has 4 aromatic rings. The van der Waals surface area contributed by atoms with Crippen LogP contribution in [0.5, 0.6) is 0 Å². The van der Waals surface area contributed by atoms with Gasteiger partial charge in [0.2, 0.25) is 5.91 Å². The minimum atomic E-state index is -0.108. The third-order valence-corrected chi connectivity index (χ3v) is 6.02. The van der Waals surface area contributed by atoms with Crippen molar-refractivity contribution in [2.45, 2.75) is 12.2 Å². The van der Waals surface area contributed by atoms with Gasteiger partial charge in [-0.05, 0) is 24.6 Å². The van der Waals surface area contributed by atoms with E-state index in [1.165, 1.54) is 18.1 Å². The van der Waals surface area contributed by atoms with Crippen LogP contribution in [0, 0.1) is 18.3 Å². The summed E-state index contributed by atoms with van der Waals surface area (Å²) in [5.74, 6) is 1.30. The summed E-state index contributed by atoms with van der Waals surface area (Å²) in [5, 5.41) is 16.6. The number of hydrogen-bond acceptors (Lipinski definition) is 7. The topological polar surface area (TPSA) is 125 Å². The lowest BCUT2D eigenvalue weighted by Crippen LogP contribution is -2.16. The molecule has 0 spiro atoms. The number of rotatable bonds is 2. The fourth-order valence-electron chi connectivity index (χ4n) is 3.45. The van der Waals surface area contributed by atoms with Crippen LogP contribution in [0.3, 0.4) is 0 Å². The van der Waals surface area contributed by atoms with Crippen LogP contribution >= 0.6 is 11.8 Å². The van der Waals surface area contributed by atoms with Crippen LogP contribution in [0.1, 0.15) is 27.6 Å². The molecule has 1 atom stereocenters. The molecule has 1 aliphatic heterocycles. The van der Waals surface area contributed by atoms with Gasteiger partial charge in [0.1, 0.15) is 17.7 Å². The third-order valence-electron chi connectivity index (χ3n) is 4.75. The molecule has 1 amide bonds. The molecule has 0 fully saturated rings. The number of carbonyl (C=O) groups is 1. The fourth-order valence-corrected chi connectivity index (χ4v) is 4.63. The van der Waals surface area contributed by atoms with E-state index in [-0.39, 0.29) is 11.2 Å². The second kappa shape index (κ2) is 6.72. The Morgan fingerprint density at radius 2 is 2.07 bits per heavy atom. The zero-order chi connectivity index (χ0) is 20.0. The number of carbonyl (C=O) groups excluding carboxylic acids is 1. The van der Waals surface area contributed by atoms with Gasteiger partial charge in [-0.25, -0.2) is 15.0 Å². The van der Waals surface area contributed by atoms with E-state index in [1.807, 2.05) is 19.1 Å². The normalized spacial score (nSPS) is 16.1. The van der Waals surface area contributed by atoms with Gasteiger partial charge in [0.05, 0.1) is 34.7 Å². The van der Waals surface area contributed by atoms with Crippen LogP contribution in [0.2, 0.25) is 0 Å². The van der Waals surface area contributed by atoms with Crippen LogP contribution in [-0.4, -0.2) is 41.4 Å². The molecule has 1 aromatic carbocycles. The van der Waals surface area contributed by atoms with E-state index < -0.39 is 0 Å². The summed E-state index contributed by atoms with van der Waals surface area (Å²) in [5.41, 5.74) is 4.46. The molecule has 0 saturated heterocycles. The van der Waals surface area contributed by atoms with Gasteiger partial charge >= 0.3 is 0 Å². The molecule has 2 N–H and O–H groups in total. The lowest BCUT2D eigenvalue weighted by atomic mass is 10.0. The second-order valence-corrected chi connectivity index (χ2v) is 7.62. The van der Waals surface area contributed by atoms with Crippen molar-refractivity contribution in [2.75, 3.05) is 11.1 Å². The highest BCUT2D eigenvalue weighted by atomic mass is 32.2. The monoisotopic (exact) mass is 402 g/mol. The summed E-state index contributed by atoms with van der Waals surface area (Å²) >= 11 is 1.53. The molecular formula is C19H14N8OS. The molecule has 5 rings (SSSR count). The Balaban J connectivity index is 1.71. The standard InChI is InChI=1S/C19H14N8OS/c1-10-14-16(12-4-2-11(6-20)3-5-12)29-7-13(28)25-18(14)27(26-10)19-15-17(22-8-21-15)23-9-24-19/h2-5,8-9,16H,7H2,1H3,(H,25,28)(H,21,22,23,24)/t16-/m1/s1. The minimum Gasteiger partial charge on any atom is -0.340 e. The summed E-state index contributed by atoms with van der Waals surface area (Å²) in [4.78, 5) is 28.2. The highest BCUT2D eigenvalue weighted by Gasteiger charge is 2.31. The van der Waals surface area contributed by atoms with Crippen LogP contribution < -0.4 is 5.32 Å². The van der Waals surface area contributed by atoms with Crippen LogP contribution in [0.15, 0.2) is 36.9 Å². The average Bonchev–Trinajstić information content (AvgIpc) is 3.29. The van der Waals surface area contributed by atoms with Gasteiger partial charge < -0.3 is 10.3 Å². The lowest BCUT2D eigenvalue weighted by molar-refractivity contribution is -0.113. The number of hydrogen-bond donors (Lipinski definition) is 2. The Labute approximate surface area is 169 Å². The minimum absolute atomic E-state index is 0.107. The molecule has 29 heavy (non-hydrogen) atoms. The zero-order valence-corrected chi connectivity index (χ0v) is 16.1. The Morgan fingerprint density at radius 1 is 1.24 bits per heavy atom. The number of aromatic nitrogens is 6. The number of benzene rings is 1. The predicted octanol–water partition coefficient (Wildman–Crippen LogP) is 2.49. The summed E-state index contributed by atoms with van der Waals surface area (Å²) in [6, 6.07) is 9.55. The molecule has 3 aromatic heterocycles. The van der Waals surface area contributed by atoms with E-state index in [4.69, 9.17) is 5.26 Å². The van der Waals surface area contributed by atoms with Gasteiger partial charge in [0.15, 0.2) is 11.5 Å². The maximum absolute atomic E-state index is 12.5. The molecule has 0 aliphatic carbocycles. The molecule has 9 nitrogen and oxygen atoms in total. The number of H-pyrrole nitrogens is 1. The zero-order valence-electron chi connectivity index (χ0n) is 15.2. The first-order chi connectivity index (χ1) is 14.2. The molecule has 10 heteroatoms. The van der Waals surface area contributed by atoms with Gasteiger partial charge in [0.25, 0.3) is 0 Å². The number of nitrogens with zero attached hydrogens (tertiary/aromatic N) is 6. The van der Waals surface area contributed by atoms with Crippen molar-refractivity contribution in [1.82, 2.24) is 29.7 Å². The summed E-state index contributed by atoms with van der Waals surface area (Å²) < 4.78 is 1.63. The van der Waals surface area contributed by atoms with Crippen molar-refractivity contribution in [1.29, 1.82) is 5.26 Å². The maximum Gasteiger partial charge on any atom is 0.235 e. The molecule has 0 radical (unpaired) electrons. The lowest BCUT2D eigenvalue weighted by Gasteiger charge is -2.15. The molecule has 142 valence electrons. The molecule has 1 aliphatic rings. The van der Waals surface area contributed by atoms with Gasteiger partial charge in [-0.1, -0.05) is 12.1 Å². The van der Waals surface area contributed by atoms with Gasteiger partial charge in [0, 0.05) is 5.56 Å². The Hall–Kier alpha value is -3.71. The van der Waals surface area contributed by atoms with Crippen LogP contribution in [0.4, 0.5) is 5.82 Å². The third kappa shape index (κ3) is 2.83. The molecule has 0 unspecified atom stereocenters. The smallest absolute Gasteiger partial charge is 0.235 e. The van der Waals surface area contributed by atoms with Gasteiger partial charge in [-0.3, -0.25) is 4.79 Å². The van der Waals surface area contributed by atoms with Crippen LogP contribution in [0.25, 0.3) is 17.0 Å². The van der Waals surface area contributed by atoms with Crippen molar-refractivity contribution in [2.24, 2.45) is 0 Å². The van der Waals surface area contributed by atoms with E-state index in [9.17, 15) is 4.79 Å². The van der Waals surface area contributed by atoms with E-state index in [0.717, 1.165) is 16.8 Å². The number of nitrogens with one attached hydrogen (secondary N) is 2. The number of imidazole rings is 1. The fraction of sp³-hybridized carbons (Fsp3) is 0.158. The highest BCUT2D eigenvalue weighted by Crippen LogP contribution is 2.43. The Morgan fingerprint density at radius 3 is 2.86 bits per heavy atom. The molecule has 4 heterocycles. The average molecular weight is 402 g/mol. The number of thioether (sulfide) groups is 1. The SMILES string of the molecule is Cc1nn(-c2ncnc3nc[nH]c23)c2c1[C@@H](c1ccc(C#N)cc1)SCC(=O)N2. The maximum atomic E-state index is 12.5. The van der Waals surface area contributed by atoms with E-state index in [0.29, 0.717) is 34.1 Å². The number of aryl methyl sites for hydroxylation is 1. The van der Waals surface area contributed by atoms with Gasteiger partial charge in [-0.15, -0.1) is 11.8 Å². The number of nitriles is 1. The van der Waals surface area contributed by atoms with E-state index in [1.54, 1.807) is 23.1 Å². The quantitative estimate of drug-likeness (QED) is 0.528. The number of anilines is 1. The highest BCUT2D eigenvalue weighted by molar-refractivity contribution is 8.00. The second-order valence-electron chi connectivity index (χ2n) is 6.53. The summed E-state index contributed by atoms with van der Waals surface area (Å²) in [7, 11) is 0. The van der Waals surface area contributed by atoms with Crippen molar-refractivity contribution in [3.8, 4) is 11.9 Å². The van der Waals surface area contributed by atoms with Crippen molar-refractivity contribution < 1.29 is 4.79 Å². The van der Waals surface area contributed by atoms with Gasteiger partial charge in [-0.2, -0.15) is 15.0 Å². The van der Waals surface area contributed by atoms with Crippen molar-refractivity contribution in [3.63, 3.8) is 0 Å². The molecule has 0 bridgehead atoms. The number of amides is 1. The van der Waals surface area contributed by atoms with E-state index in [2.05, 4.69) is 36.4 Å². The predicted molar refractivity (Wildman–Crippen MR) is 108 cm³/mol. The summed E-state index contributed by atoms with van der Waals surface area (Å²) in [6.07, 6.45) is 2.97. The largest absolute Gasteiger partial charge is 0.340 e. The van der Waals surface area contributed by atoms with Crippen molar-refractivity contribution in [3.05, 3.63) is 59.3 Å². The number of aromatic amines is 1. The molecular weight excluding hydrogens is 388 g/mol.